The second-order valence-electron chi connectivity index (χ2n) is 0.688. The van der Waals surface area contributed by atoms with E-state index in [-0.39, 0.29) is 0 Å². The first-order valence-electron chi connectivity index (χ1n) is 1.43. The number of hydrogen-bond donors (Lipinski definition) is 0. The molecule has 0 saturated carbocycles. The molecule has 1 unspecified atom stereocenters. The third kappa shape index (κ3) is 3.92. The molecule has 0 amide bonds. The normalized spacial score (nSPS) is 8.80. The van der Waals surface area contributed by atoms with Crippen LogP contribution in [0.15, 0.2) is 0 Å². The first-order chi connectivity index (χ1) is 2.41. The van der Waals surface area contributed by atoms with E-state index >= 15 is 0 Å². The highest BCUT2D eigenvalue weighted by atomic mass is 31.1. The molecule has 1 atom stereocenters. The summed E-state index contributed by atoms with van der Waals surface area (Å²) in [5, 5.41) is 7.82. The maximum Gasteiger partial charge on any atom is 0.0665 e. The van der Waals surface area contributed by atoms with Gasteiger partial charge in [-0.15, -0.1) is 8.58 Å². The lowest BCUT2D eigenvalue weighted by Crippen LogP contribution is -1.55. The van der Waals surface area contributed by atoms with E-state index in [4.69, 9.17) is 5.26 Å². The quantitative estimate of drug-likeness (QED) is 0.434. The summed E-state index contributed by atoms with van der Waals surface area (Å²) in [5.41, 5.74) is 0. The van der Waals surface area contributed by atoms with E-state index in [0.717, 1.165) is 14.7 Å². The fourth-order valence-electron chi connectivity index (χ4n) is 0.0791. The number of nitrogens with zero attached hydrogens (tertiary/aromatic N) is 1. The standard InChI is InChI=1S/C3H6NP/c1-5-3-2-4/h5H,3H2,1H3. The molecule has 0 fully saturated rings. The van der Waals surface area contributed by atoms with Gasteiger partial charge >= 0.3 is 0 Å². The molecule has 1 nitrogen and oxygen atoms in total. The van der Waals surface area contributed by atoms with Gasteiger partial charge in [-0.05, 0) is 6.66 Å². The van der Waals surface area contributed by atoms with Crippen LogP contribution >= 0.6 is 8.58 Å². The van der Waals surface area contributed by atoms with Crippen molar-refractivity contribution >= 4 is 8.58 Å². The Labute approximate surface area is 33.8 Å². The highest BCUT2D eigenvalue weighted by Gasteiger charge is 1.64. The Kier molecular flexibility index (Phi) is 3.86. The maximum absolute atomic E-state index is 7.82. The molecule has 0 rings (SSSR count). The van der Waals surface area contributed by atoms with Crippen LogP contribution in [0.2, 0.25) is 0 Å². The Morgan fingerprint density at radius 1 is 2.00 bits per heavy atom. The molecular formula is C3H6NP. The molecule has 0 heterocycles. The Bertz CT molecular complexity index is 45.3. The third-order valence-electron chi connectivity index (χ3n) is 0.256. The second kappa shape index (κ2) is 3.92. The van der Waals surface area contributed by atoms with Crippen molar-refractivity contribution in [3.8, 4) is 6.07 Å². The Morgan fingerprint density at radius 3 is 2.60 bits per heavy atom. The summed E-state index contributed by atoms with van der Waals surface area (Å²) in [6.07, 6.45) is 0.722. The molecule has 0 aliphatic rings. The van der Waals surface area contributed by atoms with Gasteiger partial charge < -0.3 is 0 Å². The molecule has 0 aromatic rings. The predicted octanol–water partition coefficient (Wildman–Crippen LogP) is 0.818. The van der Waals surface area contributed by atoms with E-state index in [9.17, 15) is 0 Å². The number of rotatable bonds is 1. The molecule has 5 heavy (non-hydrogen) atoms. The van der Waals surface area contributed by atoms with Crippen LogP contribution in [0.1, 0.15) is 0 Å². The van der Waals surface area contributed by atoms with Crippen LogP contribution in [0.25, 0.3) is 0 Å². The average molecular weight is 87.1 g/mol. The van der Waals surface area contributed by atoms with Crippen LogP contribution in [-0.4, -0.2) is 12.8 Å². The molecule has 0 spiro atoms. The van der Waals surface area contributed by atoms with E-state index in [2.05, 4.69) is 0 Å². The van der Waals surface area contributed by atoms with Crippen LogP contribution in [-0.2, 0) is 0 Å². The van der Waals surface area contributed by atoms with E-state index in [1.54, 1.807) is 0 Å². The summed E-state index contributed by atoms with van der Waals surface area (Å²) in [5.74, 6) is 0. The minimum Gasteiger partial charge on any atom is -0.198 e. The van der Waals surface area contributed by atoms with Gasteiger partial charge in [0.15, 0.2) is 0 Å². The van der Waals surface area contributed by atoms with Gasteiger partial charge in [0.2, 0.25) is 0 Å². The molecule has 0 aliphatic heterocycles. The first kappa shape index (κ1) is 4.92. The van der Waals surface area contributed by atoms with E-state index < -0.39 is 0 Å². The Balaban J connectivity index is 2.48. The van der Waals surface area contributed by atoms with Crippen LogP contribution in [0.5, 0.6) is 0 Å². The zero-order chi connectivity index (χ0) is 4.12. The van der Waals surface area contributed by atoms with Gasteiger partial charge in [0, 0.05) is 0 Å². The zero-order valence-electron chi connectivity index (χ0n) is 3.15. The van der Waals surface area contributed by atoms with E-state index in [1.807, 2.05) is 12.7 Å². The molecule has 0 aromatic heterocycles. The minimum atomic E-state index is 0.722. The van der Waals surface area contributed by atoms with Gasteiger partial charge in [-0.25, -0.2) is 0 Å². The molecule has 2 heteroatoms. The highest BCUT2D eigenvalue weighted by Crippen LogP contribution is 1.95. The fraction of sp³-hybridized carbons (Fsp3) is 0.667. The molecular weight excluding hydrogens is 81.0 g/mol. The summed E-state index contributed by atoms with van der Waals surface area (Å²) in [6, 6.07) is 2.03. The van der Waals surface area contributed by atoms with Gasteiger partial charge in [-0.1, -0.05) is 0 Å². The lowest BCUT2D eigenvalue weighted by molar-refractivity contribution is 1.49. The summed E-state index contributed by atoms with van der Waals surface area (Å²) in [7, 11) is 0.797. The van der Waals surface area contributed by atoms with Crippen molar-refractivity contribution in [3.63, 3.8) is 0 Å². The first-order valence-corrected chi connectivity index (χ1v) is 3.14. The van der Waals surface area contributed by atoms with Gasteiger partial charge in [-0.3, -0.25) is 0 Å². The van der Waals surface area contributed by atoms with Gasteiger partial charge in [-0.2, -0.15) is 5.26 Å². The topological polar surface area (TPSA) is 23.8 Å². The van der Waals surface area contributed by atoms with Crippen molar-refractivity contribution in [2.75, 3.05) is 12.8 Å². The molecule has 0 aliphatic carbocycles. The molecule has 0 radical (unpaired) electrons. The average Bonchev–Trinajstić information content (AvgIpc) is 1.41. The fourth-order valence-corrected chi connectivity index (χ4v) is 0.237. The van der Waals surface area contributed by atoms with E-state index in [0.29, 0.717) is 0 Å². The zero-order valence-corrected chi connectivity index (χ0v) is 4.15. The molecule has 0 saturated heterocycles. The van der Waals surface area contributed by atoms with Crippen molar-refractivity contribution in [2.24, 2.45) is 0 Å². The van der Waals surface area contributed by atoms with Crippen LogP contribution in [0.3, 0.4) is 0 Å². The minimum absolute atomic E-state index is 0.722. The summed E-state index contributed by atoms with van der Waals surface area (Å²) >= 11 is 0. The largest absolute Gasteiger partial charge is 0.198 e. The lowest BCUT2D eigenvalue weighted by atomic mass is 10.9. The number of nitriles is 1. The summed E-state index contributed by atoms with van der Waals surface area (Å²) in [4.78, 5) is 0. The van der Waals surface area contributed by atoms with Crippen LogP contribution in [0, 0.1) is 11.3 Å². The van der Waals surface area contributed by atoms with Gasteiger partial charge in [0.05, 0.1) is 12.2 Å². The number of hydrogen-bond acceptors (Lipinski definition) is 1. The lowest BCUT2D eigenvalue weighted by Gasteiger charge is -1.67. The second-order valence-corrected chi connectivity index (χ2v) is 1.75. The van der Waals surface area contributed by atoms with Crippen LogP contribution in [0.4, 0.5) is 0 Å². The van der Waals surface area contributed by atoms with Crippen LogP contribution < -0.4 is 0 Å². The molecule has 28 valence electrons. The molecule has 0 bridgehead atoms. The molecule has 0 aromatic carbocycles. The van der Waals surface area contributed by atoms with Crippen molar-refractivity contribution in [2.45, 2.75) is 0 Å². The van der Waals surface area contributed by atoms with Crippen molar-refractivity contribution < 1.29 is 0 Å². The highest BCUT2D eigenvalue weighted by molar-refractivity contribution is 7.37. The van der Waals surface area contributed by atoms with E-state index in [1.165, 1.54) is 0 Å². The molecule has 0 N–H and O–H groups in total. The Hall–Kier alpha value is -0.0800. The predicted molar refractivity (Wildman–Crippen MR) is 24.7 cm³/mol. The third-order valence-corrected chi connectivity index (χ3v) is 0.768. The maximum atomic E-state index is 7.82. The summed E-state index contributed by atoms with van der Waals surface area (Å²) < 4.78 is 0. The van der Waals surface area contributed by atoms with Crippen molar-refractivity contribution in [1.82, 2.24) is 0 Å². The SMILES string of the molecule is CPCC#N. The van der Waals surface area contributed by atoms with Crippen molar-refractivity contribution in [1.29, 1.82) is 5.26 Å². The Morgan fingerprint density at radius 2 is 2.60 bits per heavy atom. The smallest absolute Gasteiger partial charge is 0.0665 e. The van der Waals surface area contributed by atoms with Gasteiger partial charge in [0.25, 0.3) is 0 Å². The van der Waals surface area contributed by atoms with Crippen molar-refractivity contribution in [3.05, 3.63) is 0 Å². The monoisotopic (exact) mass is 87.0 g/mol. The summed E-state index contributed by atoms with van der Waals surface area (Å²) in [6.45, 7) is 2.02. The van der Waals surface area contributed by atoms with Gasteiger partial charge in [0.1, 0.15) is 0 Å².